The lowest BCUT2D eigenvalue weighted by Gasteiger charge is -2.36. The number of halogens is 1. The number of nitrogens with zero attached hydrogens (tertiary/aromatic N) is 1. The predicted octanol–water partition coefficient (Wildman–Crippen LogP) is 1.71. The van der Waals surface area contributed by atoms with Crippen LogP contribution in [0.15, 0.2) is 18.2 Å². The van der Waals surface area contributed by atoms with Gasteiger partial charge in [0.25, 0.3) is 0 Å². The molecule has 2 rings (SSSR count). The zero-order valence-electron chi connectivity index (χ0n) is 10.3. The average molecular weight is 238 g/mol. The monoisotopic (exact) mass is 238 g/mol. The van der Waals surface area contributed by atoms with Crippen molar-refractivity contribution in [3.63, 3.8) is 0 Å². The molecule has 2 N–H and O–H groups in total. The molecule has 17 heavy (non-hydrogen) atoms. The van der Waals surface area contributed by atoms with Crippen molar-refractivity contribution in [2.24, 2.45) is 0 Å². The van der Waals surface area contributed by atoms with Gasteiger partial charge in [0.15, 0.2) is 11.6 Å². The number of aromatic hydroxyl groups is 1. The van der Waals surface area contributed by atoms with Crippen LogP contribution in [0.4, 0.5) is 4.39 Å². The van der Waals surface area contributed by atoms with E-state index >= 15 is 0 Å². The standard InChI is InChI=1S/C13H19FN2O/c1-9-6-16(7-10(2)15-9)8-11-3-4-13(17)12(14)5-11/h3-5,9-10,15,17H,6-8H2,1-2H3. The summed E-state index contributed by atoms with van der Waals surface area (Å²) in [6.07, 6.45) is 0. The Morgan fingerprint density at radius 3 is 2.59 bits per heavy atom. The van der Waals surface area contributed by atoms with Crippen molar-refractivity contribution in [2.75, 3.05) is 13.1 Å². The van der Waals surface area contributed by atoms with Gasteiger partial charge in [-0.05, 0) is 31.5 Å². The Hall–Kier alpha value is -1.13. The number of phenols is 1. The Morgan fingerprint density at radius 2 is 2.00 bits per heavy atom. The van der Waals surface area contributed by atoms with Crippen LogP contribution in [0, 0.1) is 5.82 Å². The first kappa shape index (κ1) is 12.3. The normalized spacial score (nSPS) is 26.1. The summed E-state index contributed by atoms with van der Waals surface area (Å²) in [6.45, 7) is 6.97. The van der Waals surface area contributed by atoms with Crippen molar-refractivity contribution in [3.8, 4) is 5.75 Å². The summed E-state index contributed by atoms with van der Waals surface area (Å²) >= 11 is 0. The third kappa shape index (κ3) is 3.17. The van der Waals surface area contributed by atoms with E-state index in [1.807, 2.05) is 0 Å². The van der Waals surface area contributed by atoms with E-state index < -0.39 is 5.82 Å². The van der Waals surface area contributed by atoms with Crippen LogP contribution in [0.3, 0.4) is 0 Å². The molecule has 2 unspecified atom stereocenters. The van der Waals surface area contributed by atoms with Gasteiger partial charge >= 0.3 is 0 Å². The molecule has 1 aliphatic rings. The van der Waals surface area contributed by atoms with E-state index in [-0.39, 0.29) is 5.75 Å². The number of hydrogen-bond donors (Lipinski definition) is 2. The molecule has 0 bridgehead atoms. The average Bonchev–Trinajstić information content (AvgIpc) is 2.22. The Balaban J connectivity index is 2.02. The van der Waals surface area contributed by atoms with Crippen molar-refractivity contribution in [3.05, 3.63) is 29.6 Å². The molecule has 94 valence electrons. The summed E-state index contributed by atoms with van der Waals surface area (Å²) in [6, 6.07) is 5.52. The van der Waals surface area contributed by atoms with Crippen molar-refractivity contribution < 1.29 is 9.50 Å². The summed E-state index contributed by atoms with van der Waals surface area (Å²) in [7, 11) is 0. The molecule has 1 aromatic carbocycles. The number of benzene rings is 1. The Morgan fingerprint density at radius 1 is 1.35 bits per heavy atom. The Bertz CT molecular complexity index is 387. The van der Waals surface area contributed by atoms with Crippen LogP contribution < -0.4 is 5.32 Å². The fourth-order valence-corrected chi connectivity index (χ4v) is 2.48. The van der Waals surface area contributed by atoms with Crippen LogP contribution in [-0.4, -0.2) is 35.2 Å². The van der Waals surface area contributed by atoms with Crippen molar-refractivity contribution >= 4 is 0 Å². The highest BCUT2D eigenvalue weighted by Crippen LogP contribution is 2.18. The van der Waals surface area contributed by atoms with Gasteiger partial charge in [0.2, 0.25) is 0 Å². The first-order valence-electron chi connectivity index (χ1n) is 6.00. The smallest absolute Gasteiger partial charge is 0.165 e. The third-order valence-corrected chi connectivity index (χ3v) is 3.05. The predicted molar refractivity (Wildman–Crippen MR) is 65.4 cm³/mol. The maximum absolute atomic E-state index is 13.2. The van der Waals surface area contributed by atoms with Crippen molar-refractivity contribution in [1.29, 1.82) is 0 Å². The molecular weight excluding hydrogens is 219 g/mol. The fraction of sp³-hybridized carbons (Fsp3) is 0.538. The first-order chi connectivity index (χ1) is 8.04. The molecule has 2 atom stereocenters. The summed E-state index contributed by atoms with van der Waals surface area (Å²) < 4.78 is 13.2. The molecule has 3 nitrogen and oxygen atoms in total. The molecule has 0 amide bonds. The van der Waals surface area contributed by atoms with Crippen LogP contribution >= 0.6 is 0 Å². The summed E-state index contributed by atoms with van der Waals surface area (Å²) in [5.74, 6) is -0.825. The zero-order valence-corrected chi connectivity index (χ0v) is 10.3. The van der Waals surface area contributed by atoms with Gasteiger partial charge in [0, 0.05) is 31.7 Å². The summed E-state index contributed by atoms with van der Waals surface area (Å²) in [5, 5.41) is 12.6. The van der Waals surface area contributed by atoms with Gasteiger partial charge in [-0.25, -0.2) is 4.39 Å². The van der Waals surface area contributed by atoms with E-state index in [2.05, 4.69) is 24.1 Å². The zero-order chi connectivity index (χ0) is 12.4. The molecular formula is C13H19FN2O. The number of nitrogens with one attached hydrogen (secondary N) is 1. The minimum atomic E-state index is -0.543. The minimum Gasteiger partial charge on any atom is -0.505 e. The minimum absolute atomic E-state index is 0.282. The number of rotatable bonds is 2. The van der Waals surface area contributed by atoms with Crippen LogP contribution in [0.25, 0.3) is 0 Å². The second-order valence-corrected chi connectivity index (χ2v) is 4.95. The van der Waals surface area contributed by atoms with Gasteiger partial charge in [-0.1, -0.05) is 6.07 Å². The molecule has 4 heteroatoms. The number of hydrogen-bond acceptors (Lipinski definition) is 3. The molecule has 0 aliphatic carbocycles. The van der Waals surface area contributed by atoms with Crippen LogP contribution in [0.2, 0.25) is 0 Å². The first-order valence-corrected chi connectivity index (χ1v) is 6.00. The number of piperazine rings is 1. The molecule has 1 fully saturated rings. The lowest BCUT2D eigenvalue weighted by molar-refractivity contribution is 0.166. The second-order valence-electron chi connectivity index (χ2n) is 4.95. The molecule has 1 aliphatic heterocycles. The van der Waals surface area contributed by atoms with Crippen molar-refractivity contribution in [2.45, 2.75) is 32.5 Å². The SMILES string of the molecule is CC1CN(Cc2ccc(O)c(F)c2)CC(C)N1. The van der Waals surface area contributed by atoms with Crippen LogP contribution in [0.5, 0.6) is 5.75 Å². The van der Waals surface area contributed by atoms with E-state index in [0.717, 1.165) is 25.2 Å². The highest BCUT2D eigenvalue weighted by molar-refractivity contribution is 5.28. The molecule has 1 saturated heterocycles. The van der Waals surface area contributed by atoms with Crippen LogP contribution in [-0.2, 0) is 6.54 Å². The van der Waals surface area contributed by atoms with E-state index in [1.165, 1.54) is 12.1 Å². The lowest BCUT2D eigenvalue weighted by atomic mass is 10.1. The highest BCUT2D eigenvalue weighted by Gasteiger charge is 2.20. The largest absolute Gasteiger partial charge is 0.505 e. The maximum atomic E-state index is 13.2. The van der Waals surface area contributed by atoms with Crippen molar-refractivity contribution in [1.82, 2.24) is 10.2 Å². The molecule has 0 aromatic heterocycles. The van der Waals surface area contributed by atoms with E-state index in [1.54, 1.807) is 6.07 Å². The summed E-state index contributed by atoms with van der Waals surface area (Å²) in [4.78, 5) is 2.30. The van der Waals surface area contributed by atoms with Gasteiger partial charge in [0.1, 0.15) is 0 Å². The van der Waals surface area contributed by atoms with Crippen LogP contribution in [0.1, 0.15) is 19.4 Å². The molecule has 1 aromatic rings. The third-order valence-electron chi connectivity index (χ3n) is 3.05. The van der Waals surface area contributed by atoms with E-state index in [0.29, 0.717) is 12.1 Å². The van der Waals surface area contributed by atoms with Gasteiger partial charge in [-0.3, -0.25) is 4.90 Å². The van der Waals surface area contributed by atoms with Gasteiger partial charge in [0.05, 0.1) is 0 Å². The van der Waals surface area contributed by atoms with E-state index in [9.17, 15) is 4.39 Å². The highest BCUT2D eigenvalue weighted by atomic mass is 19.1. The Labute approximate surface area is 101 Å². The molecule has 1 heterocycles. The lowest BCUT2D eigenvalue weighted by Crippen LogP contribution is -2.53. The summed E-state index contributed by atoms with van der Waals surface area (Å²) in [5.41, 5.74) is 0.904. The molecule has 0 radical (unpaired) electrons. The second kappa shape index (κ2) is 5.02. The molecule has 0 spiro atoms. The van der Waals surface area contributed by atoms with Gasteiger partial charge < -0.3 is 10.4 Å². The quantitative estimate of drug-likeness (QED) is 0.823. The fourth-order valence-electron chi connectivity index (χ4n) is 2.48. The topological polar surface area (TPSA) is 35.5 Å². The maximum Gasteiger partial charge on any atom is 0.165 e. The van der Waals surface area contributed by atoms with Gasteiger partial charge in [-0.2, -0.15) is 0 Å². The van der Waals surface area contributed by atoms with E-state index in [4.69, 9.17) is 5.11 Å². The van der Waals surface area contributed by atoms with Gasteiger partial charge in [-0.15, -0.1) is 0 Å². The Kier molecular flexibility index (Phi) is 3.64. The molecule has 0 saturated carbocycles. The number of phenolic OH excluding ortho intramolecular Hbond substituents is 1.